The first-order valence-electron chi connectivity index (χ1n) is 5.45. The van der Waals surface area contributed by atoms with Gasteiger partial charge in [-0.25, -0.2) is 0 Å². The van der Waals surface area contributed by atoms with Gasteiger partial charge in [0.25, 0.3) is 0 Å². The van der Waals surface area contributed by atoms with Gasteiger partial charge in [0.2, 0.25) is 0 Å². The summed E-state index contributed by atoms with van der Waals surface area (Å²) in [5.74, 6) is 0.342. The number of rotatable bonds is 1. The second-order valence-corrected chi connectivity index (χ2v) is 4.11. The Morgan fingerprint density at radius 2 is 1.88 bits per heavy atom. The molecule has 2 aromatic carbocycles. The maximum atomic E-state index is 9.43. The minimum absolute atomic E-state index is 0.261. The molecule has 0 aliphatic carbocycles. The first kappa shape index (κ1) is 9.43. The van der Waals surface area contributed by atoms with Crippen LogP contribution < -0.4 is 5.32 Å². The zero-order chi connectivity index (χ0) is 11.0. The fourth-order valence-corrected chi connectivity index (χ4v) is 2.29. The minimum Gasteiger partial charge on any atom is -0.508 e. The van der Waals surface area contributed by atoms with E-state index in [1.54, 1.807) is 6.07 Å². The van der Waals surface area contributed by atoms with Gasteiger partial charge in [0.05, 0.1) is 6.04 Å². The van der Waals surface area contributed by atoms with Crippen LogP contribution in [0.2, 0.25) is 0 Å². The van der Waals surface area contributed by atoms with Gasteiger partial charge in [0, 0.05) is 6.54 Å². The number of hydrogen-bond acceptors (Lipinski definition) is 2. The van der Waals surface area contributed by atoms with Gasteiger partial charge < -0.3 is 10.4 Å². The summed E-state index contributed by atoms with van der Waals surface area (Å²) >= 11 is 0. The summed E-state index contributed by atoms with van der Waals surface area (Å²) in [4.78, 5) is 0. The van der Waals surface area contributed by atoms with E-state index in [2.05, 4.69) is 29.6 Å². The average Bonchev–Trinajstić information content (AvgIpc) is 2.73. The predicted molar refractivity (Wildman–Crippen MR) is 63.2 cm³/mol. The lowest BCUT2D eigenvalue weighted by molar-refractivity contribution is 0.474. The molecule has 1 unspecified atom stereocenters. The van der Waals surface area contributed by atoms with Crippen LogP contribution >= 0.6 is 0 Å². The highest BCUT2D eigenvalue weighted by atomic mass is 16.3. The third-order valence-corrected chi connectivity index (χ3v) is 3.07. The Kier molecular flexibility index (Phi) is 2.15. The molecule has 1 aliphatic rings. The van der Waals surface area contributed by atoms with Crippen molar-refractivity contribution in [2.24, 2.45) is 0 Å². The van der Waals surface area contributed by atoms with Gasteiger partial charge in [0.1, 0.15) is 5.75 Å². The van der Waals surface area contributed by atoms with E-state index in [9.17, 15) is 5.11 Å². The van der Waals surface area contributed by atoms with E-state index in [1.165, 1.54) is 16.7 Å². The molecule has 1 heterocycles. The lowest BCUT2D eigenvalue weighted by Crippen LogP contribution is -2.12. The molecule has 0 radical (unpaired) electrons. The molecule has 2 heteroatoms. The number of phenols is 1. The molecule has 0 amide bonds. The average molecular weight is 211 g/mol. The van der Waals surface area contributed by atoms with Crippen molar-refractivity contribution in [2.45, 2.75) is 12.6 Å². The lowest BCUT2D eigenvalue weighted by Gasteiger charge is -2.12. The molecule has 0 spiro atoms. The molecule has 1 atom stereocenters. The summed E-state index contributed by atoms with van der Waals surface area (Å²) in [7, 11) is 0. The van der Waals surface area contributed by atoms with Crippen molar-refractivity contribution in [1.82, 2.24) is 5.32 Å². The molecule has 2 N–H and O–H groups in total. The van der Waals surface area contributed by atoms with Crippen LogP contribution in [0.25, 0.3) is 0 Å². The molecule has 0 bridgehead atoms. The molecule has 0 aromatic heterocycles. The molecule has 2 nitrogen and oxygen atoms in total. The van der Waals surface area contributed by atoms with Gasteiger partial charge in [0.15, 0.2) is 0 Å². The number of hydrogen-bond donors (Lipinski definition) is 2. The maximum Gasteiger partial charge on any atom is 0.115 e. The molecule has 2 aromatic rings. The molecule has 0 saturated heterocycles. The Morgan fingerprint density at radius 1 is 1.06 bits per heavy atom. The number of benzene rings is 2. The van der Waals surface area contributed by atoms with E-state index in [0.717, 1.165) is 6.54 Å². The smallest absolute Gasteiger partial charge is 0.115 e. The number of nitrogens with one attached hydrogen (secondary N) is 1. The Labute approximate surface area is 94.6 Å². The fourth-order valence-electron chi connectivity index (χ4n) is 2.29. The first-order valence-corrected chi connectivity index (χ1v) is 5.45. The fraction of sp³-hybridized carbons (Fsp3) is 0.143. The van der Waals surface area contributed by atoms with E-state index in [-0.39, 0.29) is 6.04 Å². The highest BCUT2D eigenvalue weighted by Gasteiger charge is 2.22. The molecule has 0 saturated carbocycles. The summed E-state index contributed by atoms with van der Waals surface area (Å²) in [6.07, 6.45) is 0. The summed E-state index contributed by atoms with van der Waals surface area (Å²) < 4.78 is 0. The molecule has 16 heavy (non-hydrogen) atoms. The Balaban J connectivity index is 2.04. The molecule has 0 fully saturated rings. The number of fused-ring (bicyclic) bond motifs is 1. The van der Waals surface area contributed by atoms with Crippen LogP contribution in [0.1, 0.15) is 22.7 Å². The van der Waals surface area contributed by atoms with Crippen LogP contribution in [0, 0.1) is 0 Å². The minimum atomic E-state index is 0.261. The van der Waals surface area contributed by atoms with E-state index in [4.69, 9.17) is 0 Å². The molecular formula is C14H13NO. The number of phenolic OH excluding ortho intramolecular Hbond substituents is 1. The topological polar surface area (TPSA) is 32.3 Å². The summed E-state index contributed by atoms with van der Waals surface area (Å²) in [5.41, 5.74) is 3.73. The van der Waals surface area contributed by atoms with Crippen molar-refractivity contribution in [2.75, 3.05) is 0 Å². The van der Waals surface area contributed by atoms with Gasteiger partial charge in [-0.15, -0.1) is 0 Å². The van der Waals surface area contributed by atoms with Crippen molar-refractivity contribution >= 4 is 0 Å². The predicted octanol–water partition coefficient (Wildman–Crippen LogP) is 2.58. The Bertz CT molecular complexity index is 507. The zero-order valence-electron chi connectivity index (χ0n) is 8.85. The standard InChI is InChI=1S/C14H13NO/c16-12-6-7-13-11(8-12)9-15-14(13)10-4-2-1-3-5-10/h1-8,14-16H,9H2. The van der Waals surface area contributed by atoms with Gasteiger partial charge in [-0.2, -0.15) is 0 Å². The van der Waals surface area contributed by atoms with Crippen LogP contribution in [0.15, 0.2) is 48.5 Å². The van der Waals surface area contributed by atoms with E-state index < -0.39 is 0 Å². The monoisotopic (exact) mass is 211 g/mol. The van der Waals surface area contributed by atoms with Crippen molar-refractivity contribution in [3.05, 3.63) is 65.2 Å². The third kappa shape index (κ3) is 1.48. The second-order valence-electron chi connectivity index (χ2n) is 4.11. The summed E-state index contributed by atoms with van der Waals surface area (Å²) in [6.45, 7) is 0.823. The van der Waals surface area contributed by atoms with Crippen LogP contribution in [0.4, 0.5) is 0 Å². The van der Waals surface area contributed by atoms with E-state index in [0.29, 0.717) is 5.75 Å². The largest absolute Gasteiger partial charge is 0.508 e. The van der Waals surface area contributed by atoms with Crippen molar-refractivity contribution in [3.8, 4) is 5.75 Å². The molecular weight excluding hydrogens is 198 g/mol. The highest BCUT2D eigenvalue weighted by molar-refractivity contribution is 5.44. The maximum absolute atomic E-state index is 9.43. The van der Waals surface area contributed by atoms with Crippen molar-refractivity contribution in [1.29, 1.82) is 0 Å². The first-order chi connectivity index (χ1) is 7.84. The highest BCUT2D eigenvalue weighted by Crippen LogP contribution is 2.32. The third-order valence-electron chi connectivity index (χ3n) is 3.07. The Hall–Kier alpha value is -1.80. The van der Waals surface area contributed by atoms with Crippen LogP contribution in [0.5, 0.6) is 5.75 Å². The molecule has 1 aliphatic heterocycles. The van der Waals surface area contributed by atoms with Gasteiger partial charge in [-0.1, -0.05) is 36.4 Å². The lowest BCUT2D eigenvalue weighted by atomic mass is 9.98. The van der Waals surface area contributed by atoms with Gasteiger partial charge in [-0.3, -0.25) is 0 Å². The van der Waals surface area contributed by atoms with Crippen molar-refractivity contribution in [3.63, 3.8) is 0 Å². The quantitative estimate of drug-likeness (QED) is 0.760. The van der Waals surface area contributed by atoms with Crippen molar-refractivity contribution < 1.29 is 5.11 Å². The molecule has 80 valence electrons. The van der Waals surface area contributed by atoms with Gasteiger partial charge >= 0.3 is 0 Å². The summed E-state index contributed by atoms with van der Waals surface area (Å²) in [5, 5.41) is 12.9. The Morgan fingerprint density at radius 3 is 2.69 bits per heavy atom. The van der Waals surface area contributed by atoms with Crippen LogP contribution in [-0.2, 0) is 6.54 Å². The number of aromatic hydroxyl groups is 1. The van der Waals surface area contributed by atoms with Gasteiger partial charge in [-0.05, 0) is 28.8 Å². The van der Waals surface area contributed by atoms with Crippen LogP contribution in [0.3, 0.4) is 0 Å². The zero-order valence-corrected chi connectivity index (χ0v) is 8.85. The molecule has 3 rings (SSSR count). The second kappa shape index (κ2) is 3.65. The van der Waals surface area contributed by atoms with Crippen LogP contribution in [-0.4, -0.2) is 5.11 Å². The van der Waals surface area contributed by atoms with E-state index in [1.807, 2.05) is 18.2 Å². The SMILES string of the molecule is Oc1ccc2c(c1)CNC2c1ccccc1. The van der Waals surface area contributed by atoms with E-state index >= 15 is 0 Å². The summed E-state index contributed by atoms with van der Waals surface area (Å²) in [6, 6.07) is 16.2. The normalized spacial score (nSPS) is 18.4.